The SMILES string of the molecule is CCC(C)c1ccccc1OCCOc1ccc(/C=C2\SC(N)=NC2=O)cc1OC. The number of amidine groups is 1. The van der Waals surface area contributed by atoms with Gasteiger partial charge in [0.15, 0.2) is 16.7 Å². The highest BCUT2D eigenvalue weighted by atomic mass is 32.2. The first-order valence-electron chi connectivity index (χ1n) is 9.82. The topological polar surface area (TPSA) is 83.1 Å². The summed E-state index contributed by atoms with van der Waals surface area (Å²) in [6.07, 6.45) is 2.79. The van der Waals surface area contributed by atoms with Crippen LogP contribution in [0.15, 0.2) is 52.4 Å². The lowest BCUT2D eigenvalue weighted by molar-refractivity contribution is -0.113. The van der Waals surface area contributed by atoms with E-state index in [1.54, 1.807) is 13.2 Å². The average molecular weight is 427 g/mol. The Bertz CT molecular complexity index is 971. The number of amides is 1. The summed E-state index contributed by atoms with van der Waals surface area (Å²) in [6, 6.07) is 13.6. The van der Waals surface area contributed by atoms with Crippen LogP contribution in [0.5, 0.6) is 17.2 Å². The Morgan fingerprint density at radius 1 is 1.10 bits per heavy atom. The summed E-state index contributed by atoms with van der Waals surface area (Å²) < 4.78 is 17.2. The molecule has 1 aliphatic heterocycles. The van der Waals surface area contributed by atoms with Gasteiger partial charge in [0.1, 0.15) is 19.0 Å². The Hall–Kier alpha value is -2.93. The van der Waals surface area contributed by atoms with E-state index < -0.39 is 0 Å². The maximum Gasteiger partial charge on any atom is 0.286 e. The third-order valence-corrected chi connectivity index (χ3v) is 5.60. The fraction of sp³-hybridized carbons (Fsp3) is 0.304. The van der Waals surface area contributed by atoms with Gasteiger partial charge in [0, 0.05) is 0 Å². The van der Waals surface area contributed by atoms with Crippen LogP contribution in [0.3, 0.4) is 0 Å². The van der Waals surface area contributed by atoms with Gasteiger partial charge >= 0.3 is 0 Å². The summed E-state index contributed by atoms with van der Waals surface area (Å²) >= 11 is 1.16. The highest BCUT2D eigenvalue weighted by Crippen LogP contribution is 2.32. The molecule has 1 amide bonds. The minimum absolute atomic E-state index is 0.257. The van der Waals surface area contributed by atoms with Crippen LogP contribution in [-0.4, -0.2) is 31.4 Å². The Labute approximate surface area is 181 Å². The molecular formula is C23H26N2O4S. The van der Waals surface area contributed by atoms with E-state index in [4.69, 9.17) is 19.9 Å². The number of nitrogens with zero attached hydrogens (tertiary/aromatic N) is 1. The van der Waals surface area contributed by atoms with Gasteiger partial charge in [0.2, 0.25) is 0 Å². The number of aliphatic imine (C=N–C) groups is 1. The van der Waals surface area contributed by atoms with Crippen molar-refractivity contribution in [3.63, 3.8) is 0 Å². The van der Waals surface area contributed by atoms with E-state index in [1.165, 1.54) is 5.56 Å². The molecule has 0 fully saturated rings. The summed E-state index contributed by atoms with van der Waals surface area (Å²) in [5.41, 5.74) is 7.60. The summed E-state index contributed by atoms with van der Waals surface area (Å²) in [7, 11) is 1.58. The van der Waals surface area contributed by atoms with Crippen LogP contribution in [0.1, 0.15) is 37.3 Å². The van der Waals surface area contributed by atoms with Crippen molar-refractivity contribution in [1.82, 2.24) is 0 Å². The molecule has 0 aromatic heterocycles. The molecule has 1 aliphatic rings. The first-order chi connectivity index (χ1) is 14.5. The molecule has 2 aromatic carbocycles. The molecule has 6 nitrogen and oxygen atoms in total. The second-order valence-corrected chi connectivity index (χ2v) is 7.88. The molecule has 0 radical (unpaired) electrons. The van der Waals surface area contributed by atoms with E-state index in [2.05, 4.69) is 24.9 Å². The van der Waals surface area contributed by atoms with E-state index in [9.17, 15) is 4.79 Å². The summed E-state index contributed by atoms with van der Waals surface area (Å²) in [5.74, 6) is 2.19. The minimum Gasteiger partial charge on any atom is -0.493 e. The number of rotatable bonds is 9. The van der Waals surface area contributed by atoms with Gasteiger partial charge in [0.25, 0.3) is 5.91 Å². The van der Waals surface area contributed by atoms with Crippen molar-refractivity contribution < 1.29 is 19.0 Å². The van der Waals surface area contributed by atoms with Crippen LogP contribution in [0.25, 0.3) is 6.08 Å². The Kier molecular flexibility index (Phi) is 7.41. The van der Waals surface area contributed by atoms with Crippen LogP contribution in [0.2, 0.25) is 0 Å². The van der Waals surface area contributed by atoms with Crippen molar-refractivity contribution in [2.24, 2.45) is 10.7 Å². The molecule has 1 atom stereocenters. The maximum atomic E-state index is 11.8. The first kappa shape index (κ1) is 21.8. The number of nitrogens with two attached hydrogens (primary N) is 1. The number of ether oxygens (including phenoxy) is 3. The maximum absolute atomic E-state index is 11.8. The highest BCUT2D eigenvalue weighted by Gasteiger charge is 2.19. The lowest BCUT2D eigenvalue weighted by Crippen LogP contribution is -2.11. The van der Waals surface area contributed by atoms with Gasteiger partial charge in [-0.05, 0) is 59.5 Å². The molecule has 2 N–H and O–H groups in total. The standard InChI is InChI=1S/C23H26N2O4S/c1-4-15(2)17-7-5-6-8-18(17)28-11-12-29-19-10-9-16(13-20(19)27-3)14-21-22(26)25-23(24)30-21/h5-10,13-15H,4,11-12H2,1-3H3,(H2,24,25,26)/b21-14-. The first-order valence-corrected chi connectivity index (χ1v) is 10.6. The molecule has 2 aromatic rings. The van der Waals surface area contributed by atoms with E-state index >= 15 is 0 Å². The second-order valence-electron chi connectivity index (χ2n) is 6.82. The van der Waals surface area contributed by atoms with Crippen molar-refractivity contribution in [1.29, 1.82) is 0 Å². The monoisotopic (exact) mass is 426 g/mol. The number of hydrogen-bond acceptors (Lipinski definition) is 6. The quantitative estimate of drug-likeness (QED) is 0.466. The second kappa shape index (κ2) is 10.2. The van der Waals surface area contributed by atoms with Gasteiger partial charge < -0.3 is 19.9 Å². The lowest BCUT2D eigenvalue weighted by atomic mass is 9.98. The lowest BCUT2D eigenvalue weighted by Gasteiger charge is -2.16. The molecule has 3 rings (SSSR count). The van der Waals surface area contributed by atoms with E-state index in [0.717, 1.165) is 29.5 Å². The summed E-state index contributed by atoms with van der Waals surface area (Å²) in [4.78, 5) is 15.9. The molecule has 0 bridgehead atoms. The van der Waals surface area contributed by atoms with Gasteiger partial charge in [-0.1, -0.05) is 38.1 Å². The van der Waals surface area contributed by atoms with Crippen LogP contribution in [-0.2, 0) is 4.79 Å². The Morgan fingerprint density at radius 3 is 2.50 bits per heavy atom. The van der Waals surface area contributed by atoms with Crippen LogP contribution >= 0.6 is 11.8 Å². The van der Waals surface area contributed by atoms with E-state index in [-0.39, 0.29) is 11.1 Å². The molecular weight excluding hydrogens is 400 g/mol. The molecule has 158 valence electrons. The summed E-state index contributed by atoms with van der Waals surface area (Å²) in [6.45, 7) is 5.16. The molecule has 0 aliphatic carbocycles. The van der Waals surface area contributed by atoms with E-state index in [1.807, 2.05) is 36.4 Å². The van der Waals surface area contributed by atoms with Crippen LogP contribution < -0.4 is 19.9 Å². The van der Waals surface area contributed by atoms with Gasteiger partial charge in [0.05, 0.1) is 12.0 Å². The highest BCUT2D eigenvalue weighted by molar-refractivity contribution is 8.18. The number of thioether (sulfide) groups is 1. The minimum atomic E-state index is -0.327. The summed E-state index contributed by atoms with van der Waals surface area (Å²) in [5, 5.41) is 0.257. The number of para-hydroxylation sites is 1. The molecule has 7 heteroatoms. The fourth-order valence-electron chi connectivity index (χ4n) is 3.01. The third-order valence-electron chi connectivity index (χ3n) is 4.78. The van der Waals surface area contributed by atoms with Crippen molar-refractivity contribution in [3.05, 3.63) is 58.5 Å². The van der Waals surface area contributed by atoms with Crippen LogP contribution in [0.4, 0.5) is 0 Å². The average Bonchev–Trinajstić information content (AvgIpc) is 3.08. The van der Waals surface area contributed by atoms with Gasteiger partial charge in [-0.25, -0.2) is 0 Å². The predicted molar refractivity (Wildman–Crippen MR) is 121 cm³/mol. The van der Waals surface area contributed by atoms with Crippen molar-refractivity contribution >= 4 is 28.9 Å². The molecule has 0 saturated heterocycles. The van der Waals surface area contributed by atoms with Crippen molar-refractivity contribution in [2.45, 2.75) is 26.2 Å². The normalized spacial score (nSPS) is 15.8. The van der Waals surface area contributed by atoms with Crippen molar-refractivity contribution in [3.8, 4) is 17.2 Å². The molecule has 1 unspecified atom stereocenters. The molecule has 30 heavy (non-hydrogen) atoms. The van der Waals surface area contributed by atoms with Gasteiger partial charge in [-0.3, -0.25) is 4.79 Å². The number of benzene rings is 2. The zero-order valence-electron chi connectivity index (χ0n) is 17.4. The number of carbonyl (C=O) groups is 1. The zero-order chi connectivity index (χ0) is 21.5. The van der Waals surface area contributed by atoms with Gasteiger partial charge in [-0.15, -0.1) is 0 Å². The van der Waals surface area contributed by atoms with Crippen molar-refractivity contribution in [2.75, 3.05) is 20.3 Å². The van der Waals surface area contributed by atoms with Crippen LogP contribution in [0, 0.1) is 0 Å². The number of carbonyl (C=O) groups excluding carboxylic acids is 1. The number of hydrogen-bond donors (Lipinski definition) is 1. The zero-order valence-corrected chi connectivity index (χ0v) is 18.2. The van der Waals surface area contributed by atoms with E-state index in [0.29, 0.717) is 35.5 Å². The molecule has 0 saturated carbocycles. The van der Waals surface area contributed by atoms with Gasteiger partial charge in [-0.2, -0.15) is 4.99 Å². The Balaban J connectivity index is 1.60. The smallest absolute Gasteiger partial charge is 0.286 e. The largest absolute Gasteiger partial charge is 0.493 e. The predicted octanol–water partition coefficient (Wildman–Crippen LogP) is 4.60. The number of methoxy groups -OCH3 is 1. The third kappa shape index (κ3) is 5.36. The fourth-order valence-corrected chi connectivity index (χ4v) is 3.69. The molecule has 1 heterocycles. The molecule has 0 spiro atoms. The Morgan fingerprint density at radius 2 is 1.83 bits per heavy atom.